The number of sulfonamides is 1. The van der Waals surface area contributed by atoms with Crippen LogP contribution in [-0.2, 0) is 21.4 Å². The summed E-state index contributed by atoms with van der Waals surface area (Å²) in [7, 11) is -1.85. The second kappa shape index (κ2) is 8.68. The van der Waals surface area contributed by atoms with Gasteiger partial charge < -0.3 is 5.32 Å². The first kappa shape index (κ1) is 20.4. The molecule has 0 heterocycles. The zero-order valence-corrected chi connectivity index (χ0v) is 16.6. The molecule has 0 radical (unpaired) electrons. The number of rotatable bonds is 7. The average Bonchev–Trinajstić information content (AvgIpc) is 2.61. The summed E-state index contributed by atoms with van der Waals surface area (Å²) < 4.78 is 22.5. The Morgan fingerprint density at radius 1 is 1.15 bits per heavy atom. The number of nitrogens with one attached hydrogen (secondary N) is 1. The Bertz CT molecular complexity index is 850. The molecule has 0 aromatic heterocycles. The summed E-state index contributed by atoms with van der Waals surface area (Å²) >= 11 is 1.69. The second-order valence-electron chi connectivity index (χ2n) is 6.00. The Labute approximate surface area is 158 Å². The number of thioether (sulfide) groups is 1. The maximum Gasteiger partial charge on any atom is 0.241 e. The van der Waals surface area contributed by atoms with Gasteiger partial charge in [0.2, 0.25) is 15.9 Å². The van der Waals surface area contributed by atoms with E-state index in [-0.39, 0.29) is 16.8 Å². The van der Waals surface area contributed by atoms with Crippen LogP contribution in [0.5, 0.6) is 0 Å². The Morgan fingerprint density at radius 3 is 2.23 bits per heavy atom. The molecule has 1 amide bonds. The summed E-state index contributed by atoms with van der Waals surface area (Å²) in [5.41, 5.74) is 1.65. The zero-order chi connectivity index (χ0) is 19.3. The van der Waals surface area contributed by atoms with Crippen LogP contribution in [0.25, 0.3) is 0 Å². The molecule has 0 fully saturated rings. The van der Waals surface area contributed by atoms with E-state index in [0.717, 1.165) is 5.56 Å². The first-order valence-electron chi connectivity index (χ1n) is 7.97. The van der Waals surface area contributed by atoms with Crippen LogP contribution in [0.15, 0.2) is 58.3 Å². The molecule has 0 aliphatic carbocycles. The molecule has 0 spiro atoms. The first-order valence-corrected chi connectivity index (χ1v) is 10.7. The molecule has 26 heavy (non-hydrogen) atoms. The van der Waals surface area contributed by atoms with Gasteiger partial charge in [-0.15, -0.1) is 11.8 Å². The number of primary sulfonamides is 1. The highest BCUT2D eigenvalue weighted by Gasteiger charge is 2.18. The molecule has 0 saturated carbocycles. The van der Waals surface area contributed by atoms with E-state index in [9.17, 15) is 13.2 Å². The van der Waals surface area contributed by atoms with Crippen molar-refractivity contribution in [3.8, 4) is 0 Å². The molecule has 8 heteroatoms. The molecule has 2 aromatic carbocycles. The van der Waals surface area contributed by atoms with E-state index in [2.05, 4.69) is 29.6 Å². The van der Waals surface area contributed by atoms with E-state index >= 15 is 0 Å². The van der Waals surface area contributed by atoms with Gasteiger partial charge in [-0.2, -0.15) is 0 Å². The van der Waals surface area contributed by atoms with Crippen molar-refractivity contribution in [2.24, 2.45) is 5.14 Å². The number of likely N-dealkylation sites (N-methyl/N-ethyl adjacent to an activating group) is 1. The van der Waals surface area contributed by atoms with Gasteiger partial charge in [-0.1, -0.05) is 12.1 Å². The number of nitrogens with zero attached hydrogens (tertiary/aromatic N) is 1. The van der Waals surface area contributed by atoms with Gasteiger partial charge in [0.15, 0.2) is 0 Å². The maximum absolute atomic E-state index is 12.4. The number of hydrogen-bond donors (Lipinski definition) is 2. The number of benzene rings is 2. The van der Waals surface area contributed by atoms with Gasteiger partial charge >= 0.3 is 0 Å². The van der Waals surface area contributed by atoms with E-state index in [1.54, 1.807) is 11.8 Å². The van der Waals surface area contributed by atoms with Crippen molar-refractivity contribution in [2.45, 2.75) is 29.3 Å². The molecule has 1 atom stereocenters. The van der Waals surface area contributed by atoms with E-state index in [1.165, 1.54) is 29.2 Å². The highest BCUT2D eigenvalue weighted by atomic mass is 32.2. The molecule has 2 rings (SSSR count). The molecule has 140 valence electrons. The number of carbonyl (C=O) groups excluding carboxylic acids is 1. The fourth-order valence-electron chi connectivity index (χ4n) is 2.33. The van der Waals surface area contributed by atoms with Crippen LogP contribution >= 0.6 is 11.8 Å². The van der Waals surface area contributed by atoms with Crippen LogP contribution in [0.3, 0.4) is 0 Å². The minimum absolute atomic E-state index is 0.00866. The van der Waals surface area contributed by atoms with Crippen LogP contribution in [0.2, 0.25) is 0 Å². The van der Waals surface area contributed by atoms with Gasteiger partial charge in [-0.25, -0.2) is 13.6 Å². The molecule has 0 unspecified atom stereocenters. The molecular formula is C18H23N3O3S2. The van der Waals surface area contributed by atoms with Crippen molar-refractivity contribution in [3.63, 3.8) is 0 Å². The van der Waals surface area contributed by atoms with Crippen molar-refractivity contribution in [2.75, 3.05) is 18.6 Å². The third kappa shape index (κ3) is 5.57. The topological polar surface area (TPSA) is 92.5 Å². The minimum atomic E-state index is -3.74. The van der Waals surface area contributed by atoms with Gasteiger partial charge in [-0.3, -0.25) is 9.69 Å². The summed E-state index contributed by atoms with van der Waals surface area (Å²) in [6.07, 6.45) is 2.03. The number of nitrogens with two attached hydrogens (primary N) is 1. The number of anilines is 1. The molecule has 6 nitrogen and oxygen atoms in total. The van der Waals surface area contributed by atoms with Gasteiger partial charge in [0, 0.05) is 17.1 Å². The fraction of sp³-hybridized carbons (Fsp3) is 0.278. The SMILES string of the molecule is CSc1ccc(CN(C)[C@H](C)C(=O)Nc2ccc(S(N)(=O)=O)cc2)cc1. The number of carbonyl (C=O) groups is 1. The van der Waals surface area contributed by atoms with E-state index in [0.29, 0.717) is 12.2 Å². The third-order valence-electron chi connectivity index (χ3n) is 4.08. The van der Waals surface area contributed by atoms with Crippen molar-refractivity contribution >= 4 is 33.4 Å². The maximum atomic E-state index is 12.4. The summed E-state index contributed by atoms with van der Waals surface area (Å²) in [6, 6.07) is 13.7. The van der Waals surface area contributed by atoms with Crippen LogP contribution in [0, 0.1) is 0 Å². The van der Waals surface area contributed by atoms with Crippen LogP contribution in [0.4, 0.5) is 5.69 Å². The molecule has 2 aromatic rings. The zero-order valence-electron chi connectivity index (χ0n) is 15.0. The summed E-state index contributed by atoms with van der Waals surface area (Å²) in [5, 5.41) is 7.85. The lowest BCUT2D eigenvalue weighted by Gasteiger charge is -2.24. The molecule has 0 saturated heterocycles. The van der Waals surface area contributed by atoms with Crippen LogP contribution < -0.4 is 10.5 Å². The number of hydrogen-bond acceptors (Lipinski definition) is 5. The normalized spacial score (nSPS) is 12.8. The molecule has 0 aliphatic rings. The smallest absolute Gasteiger partial charge is 0.241 e. The van der Waals surface area contributed by atoms with Crippen molar-refractivity contribution in [3.05, 3.63) is 54.1 Å². The minimum Gasteiger partial charge on any atom is -0.325 e. The van der Waals surface area contributed by atoms with Crippen LogP contribution in [-0.4, -0.2) is 38.6 Å². The van der Waals surface area contributed by atoms with Crippen molar-refractivity contribution in [1.29, 1.82) is 0 Å². The lowest BCUT2D eigenvalue weighted by Crippen LogP contribution is -2.39. The average molecular weight is 394 g/mol. The predicted octanol–water partition coefficient (Wildman–Crippen LogP) is 2.51. The molecule has 0 bridgehead atoms. The lowest BCUT2D eigenvalue weighted by molar-refractivity contribution is -0.120. The first-order chi connectivity index (χ1) is 12.2. The highest BCUT2D eigenvalue weighted by molar-refractivity contribution is 7.98. The largest absolute Gasteiger partial charge is 0.325 e. The highest BCUT2D eigenvalue weighted by Crippen LogP contribution is 2.17. The molecular weight excluding hydrogens is 370 g/mol. The van der Waals surface area contributed by atoms with Crippen molar-refractivity contribution in [1.82, 2.24) is 4.90 Å². The standard InChI is InChI=1S/C18H23N3O3S2/c1-13(21(2)12-14-4-8-16(25-3)9-5-14)18(22)20-15-6-10-17(11-7-15)26(19,23)24/h4-11,13H,12H2,1-3H3,(H,20,22)(H2,19,23,24)/t13-/m1/s1. The summed E-state index contributed by atoms with van der Waals surface area (Å²) in [6.45, 7) is 2.47. The van der Waals surface area contributed by atoms with E-state index in [4.69, 9.17) is 5.14 Å². The lowest BCUT2D eigenvalue weighted by atomic mass is 10.2. The van der Waals surface area contributed by atoms with Gasteiger partial charge in [0.05, 0.1) is 10.9 Å². The Kier molecular flexibility index (Phi) is 6.82. The Hall–Kier alpha value is -1.87. The molecule has 3 N–H and O–H groups in total. The van der Waals surface area contributed by atoms with Gasteiger partial charge in [0.1, 0.15) is 0 Å². The quantitative estimate of drug-likeness (QED) is 0.705. The van der Waals surface area contributed by atoms with Gasteiger partial charge in [-0.05, 0) is 62.2 Å². The van der Waals surface area contributed by atoms with Gasteiger partial charge in [0.25, 0.3) is 0 Å². The molecule has 0 aliphatic heterocycles. The van der Waals surface area contributed by atoms with Crippen molar-refractivity contribution < 1.29 is 13.2 Å². The third-order valence-corrected chi connectivity index (χ3v) is 5.75. The summed E-state index contributed by atoms with van der Waals surface area (Å²) in [5.74, 6) is -0.170. The monoisotopic (exact) mass is 393 g/mol. The second-order valence-corrected chi connectivity index (χ2v) is 8.44. The predicted molar refractivity (Wildman–Crippen MR) is 106 cm³/mol. The van der Waals surface area contributed by atoms with E-state index in [1.807, 2.05) is 25.1 Å². The summed E-state index contributed by atoms with van der Waals surface area (Å²) in [4.78, 5) is 15.6. The number of amides is 1. The Balaban J connectivity index is 1.97. The Morgan fingerprint density at radius 2 is 1.73 bits per heavy atom. The fourth-order valence-corrected chi connectivity index (χ4v) is 3.25. The van der Waals surface area contributed by atoms with E-state index < -0.39 is 10.0 Å². The van der Waals surface area contributed by atoms with Crippen LogP contribution in [0.1, 0.15) is 12.5 Å².